The number of hydrogen-bond donors (Lipinski definition) is 0. The first-order valence-electron chi connectivity index (χ1n) is 19.2. The van der Waals surface area contributed by atoms with E-state index in [9.17, 15) is 18.4 Å². The average Bonchev–Trinajstić information content (AvgIpc) is 3.74. The number of alkyl halides is 3. The van der Waals surface area contributed by atoms with Crippen molar-refractivity contribution in [3.05, 3.63) is 156 Å². The Labute approximate surface area is 341 Å². The summed E-state index contributed by atoms with van der Waals surface area (Å²) in [5, 5.41) is 13.8. The molecule has 0 saturated heterocycles. The molecule has 0 amide bonds. The van der Waals surface area contributed by atoms with Crippen molar-refractivity contribution in [3.63, 3.8) is 0 Å². The summed E-state index contributed by atoms with van der Waals surface area (Å²) in [6.07, 6.45) is -4.63. The molecule has 0 bridgehead atoms. The quantitative estimate of drug-likeness (QED) is 0.171. The van der Waals surface area contributed by atoms with Crippen LogP contribution in [0.25, 0.3) is 88.9 Å². The van der Waals surface area contributed by atoms with Crippen molar-refractivity contribution in [3.8, 4) is 51.3 Å². The molecule has 0 aliphatic heterocycles. The highest BCUT2D eigenvalue weighted by atomic mass is 19.4. The summed E-state index contributed by atoms with van der Waals surface area (Å²) in [6, 6.07) is 38.8. The molecule has 60 heavy (non-hydrogen) atoms. The zero-order valence-electron chi connectivity index (χ0n) is 32.7. The van der Waals surface area contributed by atoms with E-state index in [1.54, 1.807) is 18.2 Å². The fourth-order valence-corrected chi connectivity index (χ4v) is 8.37. The molecule has 0 aliphatic carbocycles. The molecular formula is C48H32F3N9. The maximum Gasteiger partial charge on any atom is 0.416 e. The largest absolute Gasteiger partial charge is 0.416 e. The van der Waals surface area contributed by atoms with Crippen LogP contribution >= 0.6 is 0 Å². The Bertz CT molecular complexity index is 3410. The zero-order valence-corrected chi connectivity index (χ0v) is 32.7. The molecule has 4 aromatic heterocycles. The lowest BCUT2D eigenvalue weighted by atomic mass is 9.97. The Balaban J connectivity index is 1.26. The number of nitrogens with zero attached hydrogens (tertiary/aromatic N) is 9. The van der Waals surface area contributed by atoms with Crippen LogP contribution in [-0.2, 0) is 6.18 Å². The standard InChI is InChI=1S/C48H32F3N9/c1-26-53-27(2)56-46(55-26)31-14-18-42-37(22-31)34-9-5-7-11-40(34)59(42)44-20-16-33(48(49,50)51)24-39(44)36-17-13-30(25-52)21-45(36)60-41-12-8-6-10-35(41)38-23-32(15-19-43(38)60)47-57-28(3)54-29(4)58-47/h5-24H,1-4H3. The fourth-order valence-electron chi connectivity index (χ4n) is 8.37. The van der Waals surface area contributed by atoms with Gasteiger partial charge >= 0.3 is 6.18 Å². The predicted octanol–water partition coefficient (Wildman–Crippen LogP) is 11.4. The van der Waals surface area contributed by atoms with E-state index < -0.39 is 11.7 Å². The van der Waals surface area contributed by atoms with Crippen LogP contribution < -0.4 is 0 Å². The number of aromatic nitrogens is 8. The molecular weight excluding hydrogens is 760 g/mol. The first-order valence-corrected chi connectivity index (χ1v) is 19.2. The minimum absolute atomic E-state index is 0.332. The van der Waals surface area contributed by atoms with E-state index in [1.165, 1.54) is 12.1 Å². The van der Waals surface area contributed by atoms with Gasteiger partial charge in [0, 0.05) is 43.8 Å². The van der Waals surface area contributed by atoms with Crippen molar-refractivity contribution in [1.29, 1.82) is 5.26 Å². The van der Waals surface area contributed by atoms with Gasteiger partial charge in [-0.2, -0.15) is 18.4 Å². The van der Waals surface area contributed by atoms with Gasteiger partial charge in [-0.15, -0.1) is 0 Å². The van der Waals surface area contributed by atoms with E-state index >= 15 is 0 Å². The van der Waals surface area contributed by atoms with Gasteiger partial charge in [0.05, 0.1) is 50.6 Å². The van der Waals surface area contributed by atoms with Crippen LogP contribution in [0.2, 0.25) is 0 Å². The second-order valence-corrected chi connectivity index (χ2v) is 14.7. The molecule has 4 heterocycles. The number of benzene rings is 6. The van der Waals surface area contributed by atoms with Crippen molar-refractivity contribution in [2.24, 2.45) is 0 Å². The summed E-state index contributed by atoms with van der Waals surface area (Å²) in [6.45, 7) is 7.29. The molecule has 12 heteroatoms. The van der Waals surface area contributed by atoms with E-state index in [1.807, 2.05) is 122 Å². The maximum atomic E-state index is 14.8. The van der Waals surface area contributed by atoms with Gasteiger partial charge in [0.15, 0.2) is 11.6 Å². The molecule has 0 atom stereocenters. The summed E-state index contributed by atoms with van der Waals surface area (Å²) in [5.41, 5.74) is 6.24. The Kier molecular flexibility index (Phi) is 8.33. The van der Waals surface area contributed by atoms with Crippen molar-refractivity contribution >= 4 is 43.6 Å². The van der Waals surface area contributed by atoms with Crippen LogP contribution in [0.5, 0.6) is 0 Å². The SMILES string of the molecule is Cc1nc(C)nc(-c2ccc3c(c2)c2ccccc2n3-c2ccc(C(F)(F)F)cc2-c2ccc(C#N)cc2-n2c3ccccc3c3cc(-c4nc(C)nc(C)n4)ccc32)n1. The van der Waals surface area contributed by atoms with Gasteiger partial charge in [-0.05, 0) is 107 Å². The normalized spacial score (nSPS) is 11.9. The summed E-state index contributed by atoms with van der Waals surface area (Å²) in [4.78, 5) is 27.1. The third-order valence-corrected chi connectivity index (χ3v) is 10.8. The van der Waals surface area contributed by atoms with Crippen LogP contribution in [0.1, 0.15) is 34.4 Å². The van der Waals surface area contributed by atoms with Gasteiger partial charge in [-0.1, -0.05) is 42.5 Å². The van der Waals surface area contributed by atoms with Crippen LogP contribution in [0.3, 0.4) is 0 Å². The number of nitriles is 1. The van der Waals surface area contributed by atoms with E-state index in [2.05, 4.69) is 36.0 Å². The first kappa shape index (κ1) is 36.6. The molecule has 0 radical (unpaired) electrons. The summed E-state index contributed by atoms with van der Waals surface area (Å²) in [5.74, 6) is 3.48. The van der Waals surface area contributed by atoms with Gasteiger partial charge in [-0.25, -0.2) is 29.9 Å². The molecule has 0 saturated carbocycles. The Hall–Kier alpha value is -7.78. The number of para-hydroxylation sites is 2. The first-order chi connectivity index (χ1) is 28.9. The number of rotatable bonds is 5. The van der Waals surface area contributed by atoms with E-state index in [-0.39, 0.29) is 0 Å². The van der Waals surface area contributed by atoms with E-state index in [4.69, 9.17) is 0 Å². The third-order valence-electron chi connectivity index (χ3n) is 10.8. The highest BCUT2D eigenvalue weighted by molar-refractivity contribution is 6.12. The fraction of sp³-hybridized carbons (Fsp3) is 0.104. The summed E-state index contributed by atoms with van der Waals surface area (Å²) in [7, 11) is 0. The lowest BCUT2D eigenvalue weighted by molar-refractivity contribution is -0.137. The second-order valence-electron chi connectivity index (χ2n) is 14.7. The molecule has 290 valence electrons. The van der Waals surface area contributed by atoms with Crippen molar-refractivity contribution in [1.82, 2.24) is 39.0 Å². The Morgan fingerprint density at radius 3 is 1.45 bits per heavy atom. The molecule has 9 nitrogen and oxygen atoms in total. The second kappa shape index (κ2) is 13.7. The van der Waals surface area contributed by atoms with Crippen LogP contribution in [-0.4, -0.2) is 39.0 Å². The van der Waals surface area contributed by atoms with Gasteiger partial charge in [0.2, 0.25) is 0 Å². The average molecular weight is 792 g/mol. The van der Waals surface area contributed by atoms with Crippen molar-refractivity contribution in [2.45, 2.75) is 33.9 Å². The highest BCUT2D eigenvalue weighted by Gasteiger charge is 2.32. The molecule has 6 aromatic carbocycles. The topological polar surface area (TPSA) is 111 Å². The molecule has 10 rings (SSSR count). The van der Waals surface area contributed by atoms with Crippen LogP contribution in [0.4, 0.5) is 13.2 Å². The molecule has 0 unspecified atom stereocenters. The maximum absolute atomic E-state index is 14.8. The van der Waals surface area contributed by atoms with Gasteiger partial charge in [0.25, 0.3) is 0 Å². The van der Waals surface area contributed by atoms with Gasteiger partial charge in [-0.3, -0.25) is 0 Å². The van der Waals surface area contributed by atoms with Gasteiger partial charge < -0.3 is 9.13 Å². The zero-order chi connectivity index (χ0) is 41.4. The number of fused-ring (bicyclic) bond motifs is 6. The van der Waals surface area contributed by atoms with Crippen molar-refractivity contribution in [2.75, 3.05) is 0 Å². The highest BCUT2D eigenvalue weighted by Crippen LogP contribution is 2.44. The molecule has 10 aromatic rings. The predicted molar refractivity (Wildman–Crippen MR) is 227 cm³/mol. The van der Waals surface area contributed by atoms with E-state index in [0.717, 1.165) is 60.8 Å². The Morgan fingerprint density at radius 2 is 0.950 bits per heavy atom. The summed E-state index contributed by atoms with van der Waals surface area (Å²) < 4.78 is 48.4. The molecule has 0 aliphatic rings. The van der Waals surface area contributed by atoms with Crippen LogP contribution in [0.15, 0.2) is 121 Å². The third kappa shape index (κ3) is 6.02. The Morgan fingerprint density at radius 1 is 0.467 bits per heavy atom. The van der Waals surface area contributed by atoms with E-state index in [0.29, 0.717) is 63.0 Å². The smallest absolute Gasteiger partial charge is 0.309 e. The number of hydrogen-bond acceptors (Lipinski definition) is 7. The minimum atomic E-state index is -4.63. The van der Waals surface area contributed by atoms with Crippen LogP contribution in [0, 0.1) is 39.0 Å². The minimum Gasteiger partial charge on any atom is -0.309 e. The van der Waals surface area contributed by atoms with Gasteiger partial charge in [0.1, 0.15) is 23.3 Å². The molecule has 0 spiro atoms. The molecule has 0 fully saturated rings. The van der Waals surface area contributed by atoms with Crippen molar-refractivity contribution < 1.29 is 13.2 Å². The lowest BCUT2D eigenvalue weighted by Crippen LogP contribution is -2.08. The molecule has 0 N–H and O–H groups in total. The number of aryl methyl sites for hydroxylation is 4. The summed E-state index contributed by atoms with van der Waals surface area (Å²) >= 11 is 0. The monoisotopic (exact) mass is 791 g/mol. The lowest BCUT2D eigenvalue weighted by Gasteiger charge is -2.20. The number of halogens is 3.